The summed E-state index contributed by atoms with van der Waals surface area (Å²) in [5.74, 6) is 1.60. The molecule has 0 aliphatic carbocycles. The van der Waals surface area contributed by atoms with Crippen molar-refractivity contribution in [2.24, 2.45) is 0 Å². The van der Waals surface area contributed by atoms with E-state index in [4.69, 9.17) is 0 Å². The minimum absolute atomic E-state index is 0.233. The highest BCUT2D eigenvalue weighted by atomic mass is 32.1. The predicted molar refractivity (Wildman–Crippen MR) is 82.0 cm³/mol. The summed E-state index contributed by atoms with van der Waals surface area (Å²) in [7, 11) is 0. The largest absolute Gasteiger partial charge is 0.369 e. The van der Waals surface area contributed by atoms with E-state index in [-0.39, 0.29) is 6.04 Å². The van der Waals surface area contributed by atoms with E-state index in [9.17, 15) is 0 Å². The molecule has 1 unspecified atom stereocenters. The Balaban J connectivity index is 2.12. The van der Waals surface area contributed by atoms with E-state index >= 15 is 0 Å². The van der Waals surface area contributed by atoms with E-state index in [1.165, 1.54) is 15.3 Å². The van der Waals surface area contributed by atoms with Crippen molar-refractivity contribution in [1.82, 2.24) is 9.97 Å². The fourth-order valence-electron chi connectivity index (χ4n) is 2.08. The molecule has 0 amide bonds. The average molecular weight is 276 g/mol. The molecule has 2 aromatic rings. The second-order valence-electron chi connectivity index (χ2n) is 4.55. The molecule has 19 heavy (non-hydrogen) atoms. The first-order valence-electron chi connectivity index (χ1n) is 6.49. The van der Waals surface area contributed by atoms with Gasteiger partial charge in [-0.3, -0.25) is 4.98 Å². The maximum absolute atomic E-state index is 4.48. The summed E-state index contributed by atoms with van der Waals surface area (Å²) < 4.78 is 0. The van der Waals surface area contributed by atoms with Crippen molar-refractivity contribution in [2.45, 2.75) is 33.7 Å². The van der Waals surface area contributed by atoms with Crippen LogP contribution in [0.15, 0.2) is 18.5 Å². The van der Waals surface area contributed by atoms with E-state index < -0.39 is 0 Å². The van der Waals surface area contributed by atoms with E-state index in [1.54, 1.807) is 12.4 Å². The van der Waals surface area contributed by atoms with E-state index in [0.29, 0.717) is 0 Å². The smallest absolute Gasteiger partial charge is 0.147 e. The number of nitrogens with zero attached hydrogens (tertiary/aromatic N) is 2. The first kappa shape index (κ1) is 13.8. The molecule has 2 N–H and O–H groups in total. The third-order valence-electron chi connectivity index (χ3n) is 2.90. The zero-order valence-corrected chi connectivity index (χ0v) is 12.6. The van der Waals surface area contributed by atoms with Gasteiger partial charge in [-0.25, -0.2) is 4.98 Å². The molecule has 0 saturated heterocycles. The zero-order valence-electron chi connectivity index (χ0n) is 11.8. The Hall–Kier alpha value is -1.62. The molecule has 0 aliphatic rings. The lowest BCUT2D eigenvalue weighted by molar-refractivity contribution is 0.868. The highest BCUT2D eigenvalue weighted by Crippen LogP contribution is 2.28. The van der Waals surface area contributed by atoms with E-state index in [0.717, 1.165) is 18.2 Å². The molecule has 2 heterocycles. The number of aryl methyl sites for hydroxylation is 2. The van der Waals surface area contributed by atoms with Crippen LogP contribution in [-0.4, -0.2) is 16.5 Å². The molecular formula is C14H20N4S. The number of thiophene rings is 1. The van der Waals surface area contributed by atoms with Crippen LogP contribution in [0, 0.1) is 13.8 Å². The molecule has 102 valence electrons. The third-order valence-corrected chi connectivity index (χ3v) is 3.88. The zero-order chi connectivity index (χ0) is 13.8. The van der Waals surface area contributed by atoms with Crippen LogP contribution in [0.3, 0.4) is 0 Å². The SMILES string of the molecule is CCNc1cncc(NC(C)c2cc(C)sc2C)n1. The summed E-state index contributed by atoms with van der Waals surface area (Å²) >= 11 is 1.83. The fraction of sp³-hybridized carbons (Fsp3) is 0.429. The molecule has 2 rings (SSSR count). The number of aromatic nitrogens is 2. The molecule has 0 radical (unpaired) electrons. The Labute approximate surface area is 118 Å². The summed E-state index contributed by atoms with van der Waals surface area (Å²) in [5, 5.41) is 6.57. The van der Waals surface area contributed by atoms with Gasteiger partial charge in [0.15, 0.2) is 0 Å². The molecule has 2 aromatic heterocycles. The van der Waals surface area contributed by atoms with Gasteiger partial charge in [0.25, 0.3) is 0 Å². The van der Waals surface area contributed by atoms with Crippen LogP contribution in [0.5, 0.6) is 0 Å². The maximum Gasteiger partial charge on any atom is 0.147 e. The number of hydrogen-bond acceptors (Lipinski definition) is 5. The van der Waals surface area contributed by atoms with E-state index in [1.807, 2.05) is 18.3 Å². The quantitative estimate of drug-likeness (QED) is 0.873. The van der Waals surface area contributed by atoms with Crippen LogP contribution in [0.25, 0.3) is 0 Å². The first-order valence-corrected chi connectivity index (χ1v) is 7.31. The minimum atomic E-state index is 0.233. The summed E-state index contributed by atoms with van der Waals surface area (Å²) in [6, 6.07) is 2.47. The molecule has 0 saturated carbocycles. The molecule has 0 aliphatic heterocycles. The summed E-state index contributed by atoms with van der Waals surface area (Å²) in [6.07, 6.45) is 3.49. The van der Waals surface area contributed by atoms with Crippen LogP contribution in [-0.2, 0) is 0 Å². The van der Waals surface area contributed by atoms with Crippen LogP contribution in [0.4, 0.5) is 11.6 Å². The van der Waals surface area contributed by atoms with Crippen molar-refractivity contribution in [1.29, 1.82) is 0 Å². The molecular weight excluding hydrogens is 256 g/mol. The van der Waals surface area contributed by atoms with Gasteiger partial charge in [-0.2, -0.15) is 0 Å². The average Bonchev–Trinajstić information content (AvgIpc) is 2.69. The van der Waals surface area contributed by atoms with Crippen LogP contribution < -0.4 is 10.6 Å². The normalized spacial score (nSPS) is 12.2. The second kappa shape index (κ2) is 6.02. The van der Waals surface area contributed by atoms with Gasteiger partial charge in [-0.05, 0) is 39.3 Å². The summed E-state index contributed by atoms with van der Waals surface area (Å²) in [4.78, 5) is 11.4. The lowest BCUT2D eigenvalue weighted by Crippen LogP contribution is -2.09. The molecule has 5 heteroatoms. The van der Waals surface area contributed by atoms with Crippen LogP contribution >= 0.6 is 11.3 Å². The second-order valence-corrected chi connectivity index (χ2v) is 6.01. The Morgan fingerprint density at radius 3 is 2.63 bits per heavy atom. The van der Waals surface area contributed by atoms with Crippen LogP contribution in [0.2, 0.25) is 0 Å². The van der Waals surface area contributed by atoms with Crippen molar-refractivity contribution in [3.63, 3.8) is 0 Å². The molecule has 0 spiro atoms. The monoisotopic (exact) mass is 276 g/mol. The first-order chi connectivity index (χ1) is 9.10. The van der Waals surface area contributed by atoms with Crippen molar-refractivity contribution in [3.8, 4) is 0 Å². The summed E-state index contributed by atoms with van der Waals surface area (Å²) in [6.45, 7) is 9.33. The van der Waals surface area contributed by atoms with Crippen molar-refractivity contribution < 1.29 is 0 Å². The Bertz CT molecular complexity index is 550. The van der Waals surface area contributed by atoms with Gasteiger partial charge < -0.3 is 10.6 Å². The van der Waals surface area contributed by atoms with Crippen molar-refractivity contribution in [2.75, 3.05) is 17.2 Å². The lowest BCUT2D eigenvalue weighted by Gasteiger charge is -2.15. The van der Waals surface area contributed by atoms with E-state index in [2.05, 4.69) is 47.4 Å². The van der Waals surface area contributed by atoms with Gasteiger partial charge in [0.05, 0.1) is 18.4 Å². The topological polar surface area (TPSA) is 49.8 Å². The van der Waals surface area contributed by atoms with Gasteiger partial charge in [0, 0.05) is 16.3 Å². The van der Waals surface area contributed by atoms with Gasteiger partial charge in [-0.1, -0.05) is 0 Å². The standard InChI is InChI=1S/C14H20N4S/c1-5-16-13-7-15-8-14(18-13)17-10(3)12-6-9(2)19-11(12)4/h6-8,10H,5H2,1-4H3,(H2,16,17,18). The van der Waals surface area contributed by atoms with Crippen LogP contribution in [0.1, 0.15) is 35.2 Å². The number of nitrogens with one attached hydrogen (secondary N) is 2. The highest BCUT2D eigenvalue weighted by molar-refractivity contribution is 7.12. The number of anilines is 2. The molecule has 0 fully saturated rings. The molecule has 4 nitrogen and oxygen atoms in total. The Morgan fingerprint density at radius 2 is 2.00 bits per heavy atom. The highest BCUT2D eigenvalue weighted by Gasteiger charge is 2.11. The molecule has 1 atom stereocenters. The maximum atomic E-state index is 4.48. The minimum Gasteiger partial charge on any atom is -0.369 e. The summed E-state index contributed by atoms with van der Waals surface area (Å²) in [5.41, 5.74) is 1.33. The van der Waals surface area contributed by atoms with Gasteiger partial charge >= 0.3 is 0 Å². The molecule has 0 bridgehead atoms. The predicted octanol–water partition coefficient (Wildman–Crippen LogP) is 3.76. The lowest BCUT2D eigenvalue weighted by atomic mass is 10.1. The van der Waals surface area contributed by atoms with Crippen molar-refractivity contribution in [3.05, 3.63) is 33.8 Å². The number of hydrogen-bond donors (Lipinski definition) is 2. The third kappa shape index (κ3) is 3.44. The van der Waals surface area contributed by atoms with Gasteiger partial charge in [0.1, 0.15) is 11.6 Å². The molecule has 0 aromatic carbocycles. The van der Waals surface area contributed by atoms with Crippen molar-refractivity contribution >= 4 is 23.0 Å². The number of rotatable bonds is 5. The fourth-order valence-corrected chi connectivity index (χ4v) is 3.10. The Kier molecular flexibility index (Phi) is 4.37. The Morgan fingerprint density at radius 1 is 1.26 bits per heavy atom. The van der Waals surface area contributed by atoms with Gasteiger partial charge in [-0.15, -0.1) is 11.3 Å². The van der Waals surface area contributed by atoms with Gasteiger partial charge in [0.2, 0.25) is 0 Å².